The maximum atomic E-state index is 10.2. The van der Waals surface area contributed by atoms with E-state index < -0.39 is 0 Å². The van der Waals surface area contributed by atoms with Crippen LogP contribution in [-0.2, 0) is 35.8 Å². The maximum Gasteiger partial charge on any atom is 0 e. The van der Waals surface area contributed by atoms with Crippen molar-refractivity contribution in [2.75, 3.05) is 0 Å². The van der Waals surface area contributed by atoms with Crippen molar-refractivity contribution in [2.24, 2.45) is 0 Å². The van der Waals surface area contributed by atoms with Crippen molar-refractivity contribution in [1.82, 2.24) is 0 Å². The number of rotatable bonds is 2. The first-order valence-corrected chi connectivity index (χ1v) is 2.62. The number of carbonyl (C=O) groups is 1. The molecule has 0 saturated heterocycles. The number of carbonyl (C=O) groups excluding carboxylic acids is 1. The van der Waals surface area contributed by atoms with E-state index in [0.717, 1.165) is 0 Å². The summed E-state index contributed by atoms with van der Waals surface area (Å²) in [7, 11) is 0. The van der Waals surface area contributed by atoms with E-state index in [-0.39, 0.29) is 22.9 Å². The van der Waals surface area contributed by atoms with Gasteiger partial charge in [-0.2, -0.15) is 0 Å². The number of Topliss-reactive ketones (excluding diaryl/α,β-unsaturated/α-hetero) is 1. The molecule has 0 aromatic heterocycles. The largest absolute Gasteiger partial charge is 0 e. The van der Waals surface area contributed by atoms with Crippen LogP contribution in [0.25, 0.3) is 0 Å². The summed E-state index contributed by atoms with van der Waals surface area (Å²) < 4.78 is 22.5. The Morgan fingerprint density at radius 1 is 1.14 bits per heavy atom. The van der Waals surface area contributed by atoms with E-state index in [1.807, 2.05) is 0 Å². The van der Waals surface area contributed by atoms with Crippen LogP contribution < -0.4 is 0 Å². The van der Waals surface area contributed by atoms with Crippen molar-refractivity contribution in [3.05, 3.63) is 44.8 Å². The fraction of sp³-hybridized carbons (Fsp3) is 0.111. The van der Waals surface area contributed by atoms with Gasteiger partial charge in [-0.05, 0) is 6.92 Å². The van der Waals surface area contributed by atoms with Gasteiger partial charge >= 0.3 is 33.9 Å². The van der Waals surface area contributed by atoms with E-state index >= 15 is 0 Å². The van der Waals surface area contributed by atoms with Gasteiger partial charge in [-0.15, -0.1) is 0 Å². The average Bonchev–Trinajstić information content (AvgIpc) is 2.25. The molecule has 0 aliphatic rings. The summed E-state index contributed by atoms with van der Waals surface area (Å²) in [6, 6.07) is 0. The Morgan fingerprint density at radius 3 is 1.36 bits per heavy atom. The molecule has 0 spiro atoms. The third-order valence-corrected chi connectivity index (χ3v) is 0.699. The second kappa shape index (κ2) is 40.6. The molecule has 5 heteroatoms. The van der Waals surface area contributed by atoms with Crippen LogP contribution in [0, 0.1) is 20.0 Å². The van der Waals surface area contributed by atoms with Crippen molar-refractivity contribution in [3.63, 3.8) is 0 Å². The van der Waals surface area contributed by atoms with Gasteiger partial charge in [0.05, 0.1) is 0 Å². The Kier molecular flexibility index (Phi) is 85.0. The van der Waals surface area contributed by atoms with Gasteiger partial charge in [0.2, 0.25) is 0 Å². The third kappa shape index (κ3) is 44.5. The summed E-state index contributed by atoms with van der Waals surface area (Å²) in [6.45, 7) is 21.7. The van der Waals surface area contributed by atoms with Gasteiger partial charge < -0.3 is 0 Å². The van der Waals surface area contributed by atoms with Gasteiger partial charge in [0.15, 0.2) is 5.78 Å². The first kappa shape index (κ1) is 29.3. The van der Waals surface area contributed by atoms with Crippen LogP contribution in [0.15, 0.2) is 24.8 Å². The van der Waals surface area contributed by atoms with Gasteiger partial charge in [-0.1, -0.05) is 19.2 Å². The number of hydrogen-bond donors (Lipinski definition) is 0. The smallest absolute Gasteiger partial charge is 0 e. The van der Waals surface area contributed by atoms with E-state index in [1.54, 1.807) is 0 Å². The molecule has 0 aromatic rings. The second-order valence-electron chi connectivity index (χ2n) is 1.29. The van der Waals surface area contributed by atoms with Crippen molar-refractivity contribution >= 4 is 5.78 Å². The normalized spacial score (nSPS) is 4.21. The molecule has 0 fully saturated rings. The van der Waals surface area contributed by atoms with E-state index in [0.29, 0.717) is 5.57 Å². The van der Waals surface area contributed by atoms with Crippen molar-refractivity contribution in [3.8, 4) is 0 Å². The molecule has 0 N–H and O–H groups in total. The van der Waals surface area contributed by atoms with Gasteiger partial charge in [0.25, 0.3) is 0 Å². The minimum Gasteiger partial charge on any atom is 0 e. The topological polar surface area (TPSA) is 76.8 Å². The van der Waals surface area contributed by atoms with Gasteiger partial charge in [-0.25, -0.2) is 0 Å². The van der Waals surface area contributed by atoms with Crippen LogP contribution in [0.2, 0.25) is 0 Å². The van der Waals surface area contributed by atoms with Crippen LogP contribution in [-0.4, -0.2) is 5.78 Å². The fourth-order valence-electron chi connectivity index (χ4n) is 0.144. The van der Waals surface area contributed by atoms with Crippen molar-refractivity contribution in [2.45, 2.75) is 6.92 Å². The Hall–Kier alpha value is -1.11. The first-order valence-electron chi connectivity index (χ1n) is 2.62. The van der Waals surface area contributed by atoms with Crippen LogP contribution >= 0.6 is 0 Å². The molecule has 0 bridgehead atoms. The molecule has 0 radical (unpaired) electrons. The Labute approximate surface area is 93.7 Å². The molecule has 4 nitrogen and oxygen atoms in total. The fourth-order valence-corrected chi connectivity index (χ4v) is 0.144. The zero-order valence-corrected chi connectivity index (χ0v) is 8.58. The summed E-state index contributed by atoms with van der Waals surface area (Å²) in [5.41, 5.74) is 0.472. The number of ketones is 1. The molecule has 0 aliphatic heterocycles. The molecule has 0 unspecified atom stereocenters. The van der Waals surface area contributed by atoms with Crippen LogP contribution in [0.5, 0.6) is 0 Å². The van der Waals surface area contributed by atoms with Gasteiger partial charge in [0, 0.05) is 22.6 Å². The molecular weight excluding hydrogens is 228 g/mol. The number of allylic oxidation sites excluding steroid dienone is 2. The Morgan fingerprint density at radius 2 is 1.36 bits per heavy atom. The third-order valence-electron chi connectivity index (χ3n) is 0.699. The monoisotopic (exact) mass is 236 g/mol. The van der Waals surface area contributed by atoms with Crippen LogP contribution in [0.1, 0.15) is 6.92 Å². The zero-order valence-electron chi connectivity index (χ0n) is 7.48. The molecule has 14 heavy (non-hydrogen) atoms. The molecule has 0 heterocycles. The van der Waals surface area contributed by atoms with E-state index in [1.165, 1.54) is 13.0 Å². The molecule has 0 aromatic carbocycles. The van der Waals surface area contributed by atoms with E-state index in [4.69, 9.17) is 14.0 Å². The molecule has 0 saturated carbocycles. The summed E-state index contributed by atoms with van der Waals surface area (Å²) in [5, 5.41) is 0. The van der Waals surface area contributed by atoms with Gasteiger partial charge in [0.1, 0.15) is 0 Å². The molecule has 0 rings (SSSR count). The average molecular weight is 236 g/mol. The van der Waals surface area contributed by atoms with E-state index in [9.17, 15) is 4.79 Å². The minimum absolute atomic E-state index is 0. The second-order valence-corrected chi connectivity index (χ2v) is 1.29. The molecule has 0 atom stereocenters. The zero-order chi connectivity index (χ0) is 11.9. The Balaban J connectivity index is -0.0000000332. The minimum atomic E-state index is -0.0185. The van der Waals surface area contributed by atoms with Crippen LogP contribution in [0.4, 0.5) is 0 Å². The predicted octanol–water partition coefficient (Wildman–Crippen LogP) is 1.20. The quantitative estimate of drug-likeness (QED) is 0.233. The standard InChI is InChI=1S/C6H8O.3CO.Fe/c1-4-5(2)6(3)7;3*1-2;/h4H,1-2H2,3H3;;;;. The summed E-state index contributed by atoms with van der Waals surface area (Å²) in [4.78, 5) is 10.2. The predicted molar refractivity (Wildman–Crippen MR) is 41.8 cm³/mol. The van der Waals surface area contributed by atoms with Gasteiger partial charge in [-0.3, -0.25) is 4.79 Å². The van der Waals surface area contributed by atoms with Crippen LogP contribution in [0.3, 0.4) is 0 Å². The molecule has 0 aliphatic carbocycles. The number of hydrogen-bond acceptors (Lipinski definition) is 1. The SMILES string of the molecule is C=CC(=C)C(C)=O.[C-]#[O+].[C-]#[O+].[C-]#[O+].[Fe]. The first-order chi connectivity index (χ1) is 6.18. The molecule has 76 valence electrons. The summed E-state index contributed by atoms with van der Waals surface area (Å²) in [5.74, 6) is -0.0185. The van der Waals surface area contributed by atoms with Crippen molar-refractivity contribution < 1.29 is 35.8 Å². The molecule has 0 amide bonds. The summed E-state index contributed by atoms with van der Waals surface area (Å²) in [6.07, 6.45) is 1.45. The van der Waals surface area contributed by atoms with Crippen molar-refractivity contribution in [1.29, 1.82) is 0 Å². The Bertz CT molecular complexity index is 198. The van der Waals surface area contributed by atoms with E-state index in [2.05, 4.69) is 33.1 Å². The summed E-state index contributed by atoms with van der Waals surface area (Å²) >= 11 is 0. The maximum absolute atomic E-state index is 10.2. The molecular formula is C9H8FeO4.